The highest BCUT2D eigenvalue weighted by atomic mass is 19.2. The van der Waals surface area contributed by atoms with E-state index in [0.717, 1.165) is 19.3 Å². The van der Waals surface area contributed by atoms with Crippen LogP contribution in [0.25, 0.3) is 16.7 Å². The van der Waals surface area contributed by atoms with Gasteiger partial charge in [0.25, 0.3) is 0 Å². The molecule has 40 heavy (non-hydrogen) atoms. The molecule has 0 amide bonds. The van der Waals surface area contributed by atoms with E-state index >= 15 is 8.78 Å². The van der Waals surface area contributed by atoms with Gasteiger partial charge in [-0.2, -0.15) is 8.78 Å². The van der Waals surface area contributed by atoms with Crippen molar-refractivity contribution < 1.29 is 35.8 Å². The second-order valence-electron chi connectivity index (χ2n) is 9.91. The van der Waals surface area contributed by atoms with Gasteiger partial charge in [-0.15, -0.1) is 0 Å². The summed E-state index contributed by atoms with van der Waals surface area (Å²) in [7, 11) is 0. The fourth-order valence-corrected chi connectivity index (χ4v) is 4.84. The lowest BCUT2D eigenvalue weighted by molar-refractivity contribution is 0.288. The molecule has 0 bridgehead atoms. The summed E-state index contributed by atoms with van der Waals surface area (Å²) in [6, 6.07) is 7.83. The summed E-state index contributed by atoms with van der Waals surface area (Å²) >= 11 is 0. The number of hydrogen-bond acceptors (Lipinski definition) is 2. The Hall–Kier alpha value is -3.42. The summed E-state index contributed by atoms with van der Waals surface area (Å²) < 4.78 is 99.5. The predicted octanol–water partition coefficient (Wildman–Crippen LogP) is 9.90. The second-order valence-corrected chi connectivity index (χ2v) is 9.91. The van der Waals surface area contributed by atoms with Crippen LogP contribution in [0.5, 0.6) is 11.5 Å². The van der Waals surface area contributed by atoms with E-state index in [0.29, 0.717) is 24.8 Å². The minimum atomic E-state index is -1.32. The summed E-state index contributed by atoms with van der Waals surface area (Å²) in [4.78, 5) is 0. The molecule has 0 saturated carbocycles. The minimum Gasteiger partial charge on any atom is -0.490 e. The number of ether oxygens (including phenoxy) is 2. The molecule has 214 valence electrons. The van der Waals surface area contributed by atoms with Crippen molar-refractivity contribution in [3.05, 3.63) is 88.5 Å². The lowest BCUT2D eigenvalue weighted by Gasteiger charge is -2.24. The third-order valence-corrected chi connectivity index (χ3v) is 7.20. The lowest BCUT2D eigenvalue weighted by Crippen LogP contribution is -2.09. The fourth-order valence-electron chi connectivity index (χ4n) is 4.84. The van der Waals surface area contributed by atoms with Crippen LogP contribution in [0, 0.1) is 34.9 Å². The van der Waals surface area contributed by atoms with Crippen molar-refractivity contribution in [2.75, 3.05) is 13.2 Å². The van der Waals surface area contributed by atoms with Crippen molar-refractivity contribution in [1.82, 2.24) is 0 Å². The first-order valence-corrected chi connectivity index (χ1v) is 13.7. The first kappa shape index (κ1) is 29.6. The van der Waals surface area contributed by atoms with Gasteiger partial charge in [0.05, 0.1) is 13.2 Å². The van der Waals surface area contributed by atoms with Gasteiger partial charge in [-0.25, -0.2) is 17.6 Å². The molecule has 4 rings (SSSR count). The smallest absolute Gasteiger partial charge is 0.201 e. The van der Waals surface area contributed by atoms with E-state index in [1.165, 1.54) is 36.4 Å². The highest BCUT2D eigenvalue weighted by Gasteiger charge is 2.27. The topological polar surface area (TPSA) is 18.5 Å². The maximum Gasteiger partial charge on any atom is 0.201 e. The highest BCUT2D eigenvalue weighted by Crippen LogP contribution is 2.41. The molecule has 0 fully saturated rings. The number of halogens is 6. The summed E-state index contributed by atoms with van der Waals surface area (Å²) in [5, 5.41) is 0. The molecule has 2 nitrogen and oxygen atoms in total. The normalized spacial score (nSPS) is 15.2. The van der Waals surface area contributed by atoms with Gasteiger partial charge in [0, 0.05) is 16.7 Å². The average Bonchev–Trinajstić information content (AvgIpc) is 2.96. The van der Waals surface area contributed by atoms with E-state index in [9.17, 15) is 17.6 Å². The van der Waals surface area contributed by atoms with Crippen molar-refractivity contribution in [3.63, 3.8) is 0 Å². The van der Waals surface area contributed by atoms with Crippen LogP contribution in [0.15, 0.2) is 42.5 Å². The van der Waals surface area contributed by atoms with Crippen molar-refractivity contribution in [2.45, 2.75) is 64.7 Å². The van der Waals surface area contributed by atoms with Crippen molar-refractivity contribution in [1.29, 1.82) is 0 Å². The van der Waals surface area contributed by atoms with Gasteiger partial charge < -0.3 is 9.47 Å². The third kappa shape index (κ3) is 6.16. The first-order chi connectivity index (χ1) is 19.3. The molecule has 0 aromatic heterocycles. The Morgan fingerprint density at radius 3 is 1.65 bits per heavy atom. The van der Waals surface area contributed by atoms with E-state index < -0.39 is 51.9 Å². The molecule has 0 heterocycles. The average molecular weight is 563 g/mol. The highest BCUT2D eigenvalue weighted by molar-refractivity contribution is 5.69. The Balaban J connectivity index is 1.52. The van der Waals surface area contributed by atoms with Crippen molar-refractivity contribution in [2.24, 2.45) is 0 Å². The predicted molar refractivity (Wildman–Crippen MR) is 143 cm³/mol. The molecule has 1 unspecified atom stereocenters. The molecule has 1 aliphatic carbocycles. The van der Waals surface area contributed by atoms with Gasteiger partial charge >= 0.3 is 0 Å². The zero-order chi connectivity index (χ0) is 28.8. The van der Waals surface area contributed by atoms with Gasteiger partial charge in [0.15, 0.2) is 34.8 Å². The van der Waals surface area contributed by atoms with Gasteiger partial charge in [0.2, 0.25) is 11.6 Å². The Kier molecular flexibility index (Phi) is 9.82. The standard InChI is InChI=1S/C32H32F6O2/c1-3-5-17-39-25-15-13-22(28(34)31(25)37)20-9-7-19(8-10-20)21-11-12-23(29(35)27(21)33)24-14-16-26(32(38)30(24)36)40-18-6-4-2/h9,11-16,19H,3-8,10,17-18H2,1-2H3. The number of hydrogen-bond donors (Lipinski definition) is 0. The van der Waals surface area contributed by atoms with E-state index in [4.69, 9.17) is 9.47 Å². The number of benzene rings is 3. The summed E-state index contributed by atoms with van der Waals surface area (Å²) in [6.07, 6.45) is 5.71. The monoisotopic (exact) mass is 562 g/mol. The summed E-state index contributed by atoms with van der Waals surface area (Å²) in [5.74, 6) is -7.91. The largest absolute Gasteiger partial charge is 0.490 e. The summed E-state index contributed by atoms with van der Waals surface area (Å²) in [6.45, 7) is 4.39. The zero-order valence-corrected chi connectivity index (χ0v) is 22.6. The Labute approximate surface area is 230 Å². The molecule has 0 N–H and O–H groups in total. The molecular formula is C32H32F6O2. The van der Waals surface area contributed by atoms with E-state index in [2.05, 4.69) is 0 Å². The van der Waals surface area contributed by atoms with Crippen LogP contribution in [-0.4, -0.2) is 13.2 Å². The molecule has 1 aliphatic rings. The zero-order valence-electron chi connectivity index (χ0n) is 22.6. The van der Waals surface area contributed by atoms with Crippen molar-refractivity contribution in [3.8, 4) is 22.6 Å². The number of unbranched alkanes of at least 4 members (excludes halogenated alkanes) is 2. The van der Waals surface area contributed by atoms with Crippen LogP contribution in [0.4, 0.5) is 26.3 Å². The van der Waals surface area contributed by atoms with Crippen LogP contribution in [0.3, 0.4) is 0 Å². The van der Waals surface area contributed by atoms with Gasteiger partial charge in [0.1, 0.15) is 0 Å². The van der Waals surface area contributed by atoms with Gasteiger partial charge in [-0.1, -0.05) is 44.9 Å². The molecular weight excluding hydrogens is 530 g/mol. The minimum absolute atomic E-state index is 0.0864. The molecule has 1 atom stereocenters. The third-order valence-electron chi connectivity index (χ3n) is 7.20. The Morgan fingerprint density at radius 1 is 0.625 bits per heavy atom. The maximum atomic E-state index is 15.2. The first-order valence-electron chi connectivity index (χ1n) is 13.7. The molecule has 0 aliphatic heterocycles. The quantitative estimate of drug-likeness (QED) is 0.171. The lowest BCUT2D eigenvalue weighted by atomic mass is 9.82. The van der Waals surface area contributed by atoms with Gasteiger partial charge in [-0.3, -0.25) is 0 Å². The summed E-state index contributed by atoms with van der Waals surface area (Å²) in [5.41, 5.74) is -0.0370. The molecule has 3 aromatic carbocycles. The van der Waals surface area contributed by atoms with Crippen LogP contribution < -0.4 is 9.47 Å². The van der Waals surface area contributed by atoms with E-state index in [1.54, 1.807) is 6.08 Å². The van der Waals surface area contributed by atoms with Crippen LogP contribution >= 0.6 is 0 Å². The number of rotatable bonds is 11. The Bertz CT molecular complexity index is 1380. The number of allylic oxidation sites excluding steroid dienone is 2. The van der Waals surface area contributed by atoms with Crippen LogP contribution in [0.1, 0.15) is 75.8 Å². The van der Waals surface area contributed by atoms with Gasteiger partial charge in [-0.05, 0) is 73.4 Å². The van der Waals surface area contributed by atoms with Crippen LogP contribution in [-0.2, 0) is 0 Å². The molecule has 0 saturated heterocycles. The fraction of sp³-hybridized carbons (Fsp3) is 0.375. The van der Waals surface area contributed by atoms with E-state index in [-0.39, 0.29) is 42.3 Å². The van der Waals surface area contributed by atoms with E-state index in [1.807, 2.05) is 13.8 Å². The SMILES string of the molecule is CCCCOc1ccc(C2=CCC(c3ccc(-c4ccc(OCCCC)c(F)c4F)c(F)c3F)CC2)c(F)c1F. The molecule has 0 spiro atoms. The molecule has 0 radical (unpaired) electrons. The van der Waals surface area contributed by atoms with Crippen molar-refractivity contribution >= 4 is 5.57 Å². The second kappa shape index (κ2) is 13.3. The maximum absolute atomic E-state index is 15.2. The Morgan fingerprint density at radius 2 is 1.12 bits per heavy atom. The molecule has 8 heteroatoms. The van der Waals surface area contributed by atoms with Crippen LogP contribution in [0.2, 0.25) is 0 Å². The molecule has 3 aromatic rings.